The number of hydrogen-bond donors (Lipinski definition) is 3. The number of methoxy groups -OCH3 is 1. The number of aliphatic hydroxyl groups excluding tert-OH is 1. The standard InChI is InChI=1S/C32H40N5O8PS/c1-19(30(39)43-22-13-6-5-7-14-22)36-46(47,45-24-16-10-12-21-11-8-9-15-23(21)24)42-17-25-27(38)32(3,40)31(44-25)37-18-33-26-28(37)34-20(2)35-29(26)41-4/h8-12,15-16,18-19,22,25,27,31,38,40H,5-7,13-14,17H2,1-4H3,(H,36,47)/t19?,25-,27-,31-,32-,46?/m1/s1. The normalized spacial score (nSPS) is 25.4. The van der Waals surface area contributed by atoms with Crippen molar-refractivity contribution < 1.29 is 38.3 Å². The number of esters is 1. The zero-order valence-electron chi connectivity index (χ0n) is 26.7. The summed E-state index contributed by atoms with van der Waals surface area (Å²) in [6, 6.07) is 12.4. The van der Waals surface area contributed by atoms with Gasteiger partial charge in [-0.15, -0.1) is 0 Å². The summed E-state index contributed by atoms with van der Waals surface area (Å²) in [5.74, 6) is 0.731. The van der Waals surface area contributed by atoms with Crippen LogP contribution in [0.5, 0.6) is 11.6 Å². The van der Waals surface area contributed by atoms with Crippen LogP contribution in [-0.4, -0.2) is 79.4 Å². The number of aryl methyl sites for hydroxylation is 1. The molecule has 2 aliphatic rings. The fourth-order valence-corrected chi connectivity index (χ4v) is 8.51. The average Bonchev–Trinajstić information content (AvgIpc) is 3.57. The molecule has 13 nitrogen and oxygen atoms in total. The summed E-state index contributed by atoms with van der Waals surface area (Å²) in [5, 5.41) is 27.6. The van der Waals surface area contributed by atoms with Crippen molar-refractivity contribution in [2.75, 3.05) is 13.7 Å². The highest BCUT2D eigenvalue weighted by atomic mass is 32.5. The molecule has 2 aromatic heterocycles. The van der Waals surface area contributed by atoms with Gasteiger partial charge >= 0.3 is 12.6 Å². The molecular formula is C32H40N5O8PS. The third-order valence-corrected chi connectivity index (χ3v) is 11.1. The predicted molar refractivity (Wildman–Crippen MR) is 178 cm³/mol. The van der Waals surface area contributed by atoms with E-state index in [2.05, 4.69) is 20.0 Å². The summed E-state index contributed by atoms with van der Waals surface area (Å²) in [4.78, 5) is 26.2. The molecule has 2 aromatic carbocycles. The molecule has 0 bridgehead atoms. The number of benzene rings is 2. The van der Waals surface area contributed by atoms with Crippen LogP contribution in [-0.2, 0) is 30.6 Å². The first-order valence-electron chi connectivity index (χ1n) is 15.7. The minimum Gasteiger partial charge on any atom is -0.479 e. The van der Waals surface area contributed by atoms with Crippen LogP contribution in [0.1, 0.15) is 58.0 Å². The number of carbonyl (C=O) groups is 1. The second-order valence-electron chi connectivity index (χ2n) is 12.2. The van der Waals surface area contributed by atoms with Crippen LogP contribution in [0.3, 0.4) is 0 Å². The molecule has 0 radical (unpaired) electrons. The summed E-state index contributed by atoms with van der Waals surface area (Å²) in [6.07, 6.45) is 2.63. The van der Waals surface area contributed by atoms with Crippen molar-refractivity contribution in [3.05, 3.63) is 54.6 Å². The number of nitrogens with zero attached hydrogens (tertiary/aromatic N) is 4. The molecule has 3 N–H and O–H groups in total. The van der Waals surface area contributed by atoms with Crippen molar-refractivity contribution >= 4 is 46.4 Å². The lowest BCUT2D eigenvalue weighted by molar-refractivity contribution is -0.152. The largest absolute Gasteiger partial charge is 0.479 e. The van der Waals surface area contributed by atoms with E-state index in [1.807, 2.05) is 36.4 Å². The second-order valence-corrected chi connectivity index (χ2v) is 15.3. The van der Waals surface area contributed by atoms with E-state index >= 15 is 0 Å². The number of imidazole rings is 1. The third-order valence-electron chi connectivity index (χ3n) is 8.62. The molecule has 0 spiro atoms. The number of carbonyl (C=O) groups excluding carboxylic acids is 1. The molecule has 252 valence electrons. The lowest BCUT2D eigenvalue weighted by Crippen LogP contribution is -2.44. The Hall–Kier alpha value is -3.23. The maximum atomic E-state index is 13.2. The van der Waals surface area contributed by atoms with Gasteiger partial charge in [-0.1, -0.05) is 42.8 Å². The zero-order valence-corrected chi connectivity index (χ0v) is 28.4. The molecule has 6 rings (SSSR count). The molecule has 1 saturated heterocycles. The van der Waals surface area contributed by atoms with Gasteiger partial charge in [-0.3, -0.25) is 9.36 Å². The Balaban J connectivity index is 1.24. The number of rotatable bonds is 11. The van der Waals surface area contributed by atoms with E-state index in [1.165, 1.54) is 24.9 Å². The van der Waals surface area contributed by atoms with Crippen LogP contribution in [0, 0.1) is 6.92 Å². The fourth-order valence-electron chi connectivity index (χ4n) is 6.09. The van der Waals surface area contributed by atoms with E-state index in [9.17, 15) is 15.0 Å². The Morgan fingerprint density at radius 1 is 1.19 bits per heavy atom. The molecule has 3 heterocycles. The maximum Gasteiger partial charge on any atom is 0.323 e. The topological polar surface area (TPSA) is 159 Å². The lowest BCUT2D eigenvalue weighted by Gasteiger charge is -2.29. The Morgan fingerprint density at radius 3 is 2.70 bits per heavy atom. The van der Waals surface area contributed by atoms with Crippen LogP contribution in [0.25, 0.3) is 21.9 Å². The zero-order chi connectivity index (χ0) is 33.3. The third kappa shape index (κ3) is 7.00. The summed E-state index contributed by atoms with van der Waals surface area (Å²) >= 11 is 5.99. The quantitative estimate of drug-likeness (QED) is 0.150. The van der Waals surface area contributed by atoms with E-state index in [-0.39, 0.29) is 18.6 Å². The Kier molecular flexibility index (Phi) is 9.82. The number of fused-ring (bicyclic) bond motifs is 2. The van der Waals surface area contributed by atoms with Gasteiger partial charge < -0.3 is 33.5 Å². The van der Waals surface area contributed by atoms with Gasteiger partial charge in [0.15, 0.2) is 17.4 Å². The van der Waals surface area contributed by atoms with Gasteiger partial charge in [0.25, 0.3) is 0 Å². The summed E-state index contributed by atoms with van der Waals surface area (Å²) in [7, 11) is 1.48. The molecule has 15 heteroatoms. The molecule has 2 fully saturated rings. The van der Waals surface area contributed by atoms with Gasteiger partial charge in [-0.25, -0.2) is 15.1 Å². The Morgan fingerprint density at radius 2 is 1.94 bits per heavy atom. The molecule has 1 saturated carbocycles. The molecule has 4 aromatic rings. The van der Waals surface area contributed by atoms with Gasteiger partial charge in [0.05, 0.1) is 20.0 Å². The van der Waals surface area contributed by atoms with Crippen molar-refractivity contribution in [3.8, 4) is 11.6 Å². The molecule has 2 unspecified atom stereocenters. The van der Waals surface area contributed by atoms with Gasteiger partial charge in [-0.05, 0) is 69.7 Å². The summed E-state index contributed by atoms with van der Waals surface area (Å²) in [6.45, 7) is 1.05. The monoisotopic (exact) mass is 685 g/mol. The van der Waals surface area contributed by atoms with Crippen molar-refractivity contribution in [1.29, 1.82) is 0 Å². The highest BCUT2D eigenvalue weighted by Crippen LogP contribution is 2.49. The number of ether oxygens (including phenoxy) is 3. The first-order valence-corrected chi connectivity index (χ1v) is 18.3. The molecule has 1 aliphatic carbocycles. The van der Waals surface area contributed by atoms with Crippen molar-refractivity contribution in [3.63, 3.8) is 0 Å². The Bertz CT molecular complexity index is 1790. The van der Waals surface area contributed by atoms with Crippen LogP contribution in [0.2, 0.25) is 0 Å². The first kappa shape index (κ1) is 33.7. The van der Waals surface area contributed by atoms with E-state index in [0.29, 0.717) is 22.7 Å². The summed E-state index contributed by atoms with van der Waals surface area (Å²) < 4.78 is 31.6. The van der Waals surface area contributed by atoms with E-state index in [4.69, 9.17) is 35.1 Å². The molecule has 0 amide bonds. The molecule has 6 atom stereocenters. The van der Waals surface area contributed by atoms with Crippen molar-refractivity contribution in [1.82, 2.24) is 24.6 Å². The van der Waals surface area contributed by atoms with E-state index in [0.717, 1.165) is 42.9 Å². The van der Waals surface area contributed by atoms with Gasteiger partial charge in [0.2, 0.25) is 5.88 Å². The highest BCUT2D eigenvalue weighted by Gasteiger charge is 2.54. The van der Waals surface area contributed by atoms with Crippen molar-refractivity contribution in [2.24, 2.45) is 0 Å². The van der Waals surface area contributed by atoms with E-state index in [1.54, 1.807) is 19.9 Å². The molecule has 1 aliphatic heterocycles. The van der Waals surface area contributed by atoms with Crippen LogP contribution < -0.4 is 14.3 Å². The smallest absolute Gasteiger partial charge is 0.323 e. The van der Waals surface area contributed by atoms with Gasteiger partial charge in [0, 0.05) is 5.39 Å². The fraction of sp³-hybridized carbons (Fsp3) is 0.500. The second kappa shape index (κ2) is 13.7. The van der Waals surface area contributed by atoms with Crippen molar-refractivity contribution in [2.45, 2.75) is 89.1 Å². The predicted octanol–water partition coefficient (Wildman–Crippen LogP) is 4.48. The van der Waals surface area contributed by atoms with Crippen LogP contribution >= 0.6 is 6.64 Å². The number of nitrogens with one attached hydrogen (secondary N) is 1. The van der Waals surface area contributed by atoms with E-state index < -0.39 is 42.7 Å². The Labute approximate surface area is 277 Å². The SMILES string of the molecule is COc1nc(C)nc2c1ncn2[C@@H]1O[C@H](COP(=S)(NC(C)C(=O)OC2CCCCC2)Oc2cccc3ccccc23)[C@@H](O)[C@@]1(C)O. The van der Waals surface area contributed by atoms with Gasteiger partial charge in [-0.2, -0.15) is 4.98 Å². The maximum absolute atomic E-state index is 13.2. The average molecular weight is 686 g/mol. The molecular weight excluding hydrogens is 645 g/mol. The van der Waals surface area contributed by atoms with Gasteiger partial charge in [0.1, 0.15) is 41.5 Å². The number of aliphatic hydroxyl groups is 2. The minimum absolute atomic E-state index is 0.132. The van der Waals surface area contributed by atoms with Crippen LogP contribution in [0.15, 0.2) is 48.8 Å². The number of aromatic nitrogens is 4. The number of hydrogen-bond acceptors (Lipinski definition) is 12. The minimum atomic E-state index is -3.51. The van der Waals surface area contributed by atoms with Crippen LogP contribution in [0.4, 0.5) is 0 Å². The first-order chi connectivity index (χ1) is 22.5. The highest BCUT2D eigenvalue weighted by molar-refractivity contribution is 8.09. The summed E-state index contributed by atoms with van der Waals surface area (Å²) in [5.41, 5.74) is -1.04. The lowest BCUT2D eigenvalue weighted by atomic mass is 9.96. The molecule has 47 heavy (non-hydrogen) atoms.